The van der Waals surface area contributed by atoms with Crippen molar-refractivity contribution in [1.29, 1.82) is 0 Å². The molecule has 0 aromatic heterocycles. The van der Waals surface area contributed by atoms with Crippen LogP contribution in [0.4, 0.5) is 5.69 Å². The van der Waals surface area contributed by atoms with Gasteiger partial charge in [0.25, 0.3) is 5.91 Å². The van der Waals surface area contributed by atoms with Crippen molar-refractivity contribution >= 4 is 11.6 Å². The highest BCUT2D eigenvalue weighted by Crippen LogP contribution is 2.17. The predicted molar refractivity (Wildman–Crippen MR) is 97.3 cm³/mol. The third kappa shape index (κ3) is 4.59. The molecule has 0 aliphatic carbocycles. The van der Waals surface area contributed by atoms with Crippen molar-refractivity contribution in [3.05, 3.63) is 65.2 Å². The number of anilines is 1. The van der Waals surface area contributed by atoms with Crippen molar-refractivity contribution in [2.24, 2.45) is 0 Å². The summed E-state index contributed by atoms with van der Waals surface area (Å²) >= 11 is 0. The SMILES string of the molecule is O=C(c1cccc(NCc2ccc(CO)cc2)c1)N1CCCC(O)C1. The van der Waals surface area contributed by atoms with Crippen molar-refractivity contribution in [1.82, 2.24) is 4.90 Å². The van der Waals surface area contributed by atoms with E-state index in [1.807, 2.05) is 48.5 Å². The fourth-order valence-electron chi connectivity index (χ4n) is 3.05. The zero-order valence-corrected chi connectivity index (χ0v) is 14.2. The van der Waals surface area contributed by atoms with Gasteiger partial charge in [0.15, 0.2) is 0 Å². The summed E-state index contributed by atoms with van der Waals surface area (Å²) < 4.78 is 0. The summed E-state index contributed by atoms with van der Waals surface area (Å²) in [7, 11) is 0. The molecule has 3 N–H and O–H groups in total. The van der Waals surface area contributed by atoms with Crippen LogP contribution in [0.3, 0.4) is 0 Å². The molecule has 3 rings (SSSR count). The summed E-state index contributed by atoms with van der Waals surface area (Å²) in [5.41, 5.74) is 3.51. The van der Waals surface area contributed by atoms with Crippen molar-refractivity contribution in [3.63, 3.8) is 0 Å². The summed E-state index contributed by atoms with van der Waals surface area (Å²) in [6.07, 6.45) is 1.19. The number of amides is 1. The molecule has 132 valence electrons. The highest BCUT2D eigenvalue weighted by molar-refractivity contribution is 5.95. The number of piperidine rings is 1. The van der Waals surface area contributed by atoms with Crippen LogP contribution < -0.4 is 5.32 Å². The van der Waals surface area contributed by atoms with E-state index < -0.39 is 6.10 Å². The van der Waals surface area contributed by atoms with E-state index in [9.17, 15) is 9.90 Å². The Bertz CT molecular complexity index is 715. The van der Waals surface area contributed by atoms with Crippen molar-refractivity contribution < 1.29 is 15.0 Å². The number of likely N-dealkylation sites (tertiary alicyclic amines) is 1. The summed E-state index contributed by atoms with van der Waals surface area (Å²) in [5.74, 6) is -0.0327. The van der Waals surface area contributed by atoms with Crippen LogP contribution in [0.5, 0.6) is 0 Å². The molecule has 2 aromatic carbocycles. The lowest BCUT2D eigenvalue weighted by atomic mass is 10.1. The number of nitrogens with zero attached hydrogens (tertiary/aromatic N) is 1. The van der Waals surface area contributed by atoms with E-state index in [-0.39, 0.29) is 12.5 Å². The number of aliphatic hydroxyl groups is 2. The van der Waals surface area contributed by atoms with Crippen LogP contribution in [0.1, 0.15) is 34.3 Å². The number of aliphatic hydroxyl groups excluding tert-OH is 2. The minimum Gasteiger partial charge on any atom is -0.392 e. The number of β-amino-alcohol motifs (C(OH)–C–C–N with tert-alkyl or cyclic N) is 1. The van der Waals surface area contributed by atoms with Gasteiger partial charge in [0.1, 0.15) is 0 Å². The van der Waals surface area contributed by atoms with Crippen LogP contribution in [-0.4, -0.2) is 40.2 Å². The van der Waals surface area contributed by atoms with Crippen molar-refractivity contribution in [2.45, 2.75) is 32.1 Å². The molecule has 1 aliphatic heterocycles. The number of hydrogen-bond donors (Lipinski definition) is 3. The van der Waals surface area contributed by atoms with Gasteiger partial charge in [0, 0.05) is 30.9 Å². The molecule has 1 saturated heterocycles. The van der Waals surface area contributed by atoms with E-state index in [0.29, 0.717) is 25.2 Å². The van der Waals surface area contributed by atoms with Gasteiger partial charge in [-0.3, -0.25) is 4.79 Å². The van der Waals surface area contributed by atoms with E-state index in [2.05, 4.69) is 5.32 Å². The molecule has 0 spiro atoms. The standard InChI is InChI=1S/C20H24N2O3/c23-14-16-8-6-15(7-9-16)12-21-18-4-1-3-17(11-18)20(25)22-10-2-5-19(24)13-22/h1,3-4,6-9,11,19,21,23-24H,2,5,10,12-14H2. The Labute approximate surface area is 147 Å². The van der Waals surface area contributed by atoms with Gasteiger partial charge in [-0.15, -0.1) is 0 Å². The number of hydrogen-bond acceptors (Lipinski definition) is 4. The van der Waals surface area contributed by atoms with Crippen LogP contribution in [0.25, 0.3) is 0 Å². The molecule has 0 saturated carbocycles. The average Bonchev–Trinajstić information content (AvgIpc) is 2.66. The predicted octanol–water partition coefficient (Wildman–Crippen LogP) is 2.39. The second kappa shape index (κ2) is 8.14. The largest absolute Gasteiger partial charge is 0.392 e. The van der Waals surface area contributed by atoms with Gasteiger partial charge in [0.2, 0.25) is 0 Å². The molecule has 1 unspecified atom stereocenters. The van der Waals surface area contributed by atoms with Gasteiger partial charge in [0.05, 0.1) is 12.7 Å². The fourth-order valence-corrected chi connectivity index (χ4v) is 3.05. The molecule has 2 aromatic rings. The van der Waals surface area contributed by atoms with Crippen LogP contribution in [0, 0.1) is 0 Å². The number of nitrogens with one attached hydrogen (secondary N) is 1. The maximum absolute atomic E-state index is 12.6. The van der Waals surface area contributed by atoms with Gasteiger partial charge in [-0.25, -0.2) is 0 Å². The Morgan fingerprint density at radius 1 is 1.16 bits per heavy atom. The lowest BCUT2D eigenvalue weighted by Gasteiger charge is -2.30. The molecule has 5 nitrogen and oxygen atoms in total. The first kappa shape index (κ1) is 17.5. The maximum atomic E-state index is 12.6. The highest BCUT2D eigenvalue weighted by atomic mass is 16.3. The van der Waals surface area contributed by atoms with Crippen molar-refractivity contribution in [2.75, 3.05) is 18.4 Å². The molecule has 0 radical (unpaired) electrons. The Kier molecular flexibility index (Phi) is 5.68. The van der Waals surface area contributed by atoms with E-state index in [0.717, 1.165) is 29.7 Å². The zero-order valence-electron chi connectivity index (χ0n) is 14.2. The first-order valence-corrected chi connectivity index (χ1v) is 8.65. The Balaban J connectivity index is 1.63. The van der Waals surface area contributed by atoms with Crippen LogP contribution in [0.15, 0.2) is 48.5 Å². The normalized spacial score (nSPS) is 17.4. The molecular weight excluding hydrogens is 316 g/mol. The van der Waals surface area contributed by atoms with Gasteiger partial charge >= 0.3 is 0 Å². The molecule has 1 aliphatic rings. The summed E-state index contributed by atoms with van der Waals surface area (Å²) in [6, 6.07) is 15.2. The first-order valence-electron chi connectivity index (χ1n) is 8.65. The molecule has 1 atom stereocenters. The lowest BCUT2D eigenvalue weighted by Crippen LogP contribution is -2.42. The Morgan fingerprint density at radius 3 is 2.64 bits per heavy atom. The third-order valence-corrected chi connectivity index (χ3v) is 4.50. The average molecular weight is 340 g/mol. The number of carbonyl (C=O) groups excluding carboxylic acids is 1. The Morgan fingerprint density at radius 2 is 1.92 bits per heavy atom. The van der Waals surface area contributed by atoms with Gasteiger partial charge < -0.3 is 20.4 Å². The van der Waals surface area contributed by atoms with Gasteiger partial charge in [-0.2, -0.15) is 0 Å². The summed E-state index contributed by atoms with van der Waals surface area (Å²) in [4.78, 5) is 14.3. The molecule has 25 heavy (non-hydrogen) atoms. The number of rotatable bonds is 5. The van der Waals surface area contributed by atoms with Gasteiger partial charge in [-0.05, 0) is 42.2 Å². The third-order valence-electron chi connectivity index (χ3n) is 4.50. The monoisotopic (exact) mass is 340 g/mol. The Hall–Kier alpha value is -2.37. The van der Waals surface area contributed by atoms with E-state index in [4.69, 9.17) is 5.11 Å². The molecule has 1 amide bonds. The smallest absolute Gasteiger partial charge is 0.254 e. The van der Waals surface area contributed by atoms with Crippen LogP contribution in [0.2, 0.25) is 0 Å². The van der Waals surface area contributed by atoms with E-state index in [1.54, 1.807) is 4.90 Å². The molecular formula is C20H24N2O3. The van der Waals surface area contributed by atoms with Crippen LogP contribution in [-0.2, 0) is 13.2 Å². The maximum Gasteiger partial charge on any atom is 0.254 e. The minimum absolute atomic E-state index is 0.0327. The molecule has 0 bridgehead atoms. The summed E-state index contributed by atoms with van der Waals surface area (Å²) in [6.45, 7) is 1.80. The van der Waals surface area contributed by atoms with E-state index >= 15 is 0 Å². The second-order valence-corrected chi connectivity index (χ2v) is 6.46. The van der Waals surface area contributed by atoms with E-state index in [1.165, 1.54) is 0 Å². The minimum atomic E-state index is -0.416. The molecule has 5 heteroatoms. The number of carbonyl (C=O) groups is 1. The van der Waals surface area contributed by atoms with Crippen LogP contribution >= 0.6 is 0 Å². The lowest BCUT2D eigenvalue weighted by molar-refractivity contribution is 0.0474. The van der Waals surface area contributed by atoms with Gasteiger partial charge in [-0.1, -0.05) is 30.3 Å². The quantitative estimate of drug-likeness (QED) is 0.781. The molecule has 1 fully saturated rings. The summed E-state index contributed by atoms with van der Waals surface area (Å²) in [5, 5.41) is 22.2. The molecule has 1 heterocycles. The zero-order chi connectivity index (χ0) is 17.6. The topological polar surface area (TPSA) is 72.8 Å². The highest BCUT2D eigenvalue weighted by Gasteiger charge is 2.23. The fraction of sp³-hybridized carbons (Fsp3) is 0.350. The van der Waals surface area contributed by atoms with Crippen molar-refractivity contribution in [3.8, 4) is 0 Å². The first-order chi connectivity index (χ1) is 12.2. The second-order valence-electron chi connectivity index (χ2n) is 6.46. The number of benzene rings is 2.